The van der Waals surface area contributed by atoms with E-state index in [-0.39, 0.29) is 17.8 Å². The molecular formula is C16H22F2O2. The molecule has 1 aliphatic carbocycles. The smallest absolute Gasteiger partial charge is 0.200 e. The van der Waals surface area contributed by atoms with E-state index < -0.39 is 11.6 Å². The molecule has 1 saturated carbocycles. The number of rotatable bonds is 5. The lowest BCUT2D eigenvalue weighted by atomic mass is 9.82. The van der Waals surface area contributed by atoms with E-state index >= 15 is 0 Å². The van der Waals surface area contributed by atoms with Crippen molar-refractivity contribution < 1.29 is 18.3 Å². The van der Waals surface area contributed by atoms with Gasteiger partial charge in [-0.2, -0.15) is 4.39 Å². The van der Waals surface area contributed by atoms with Crippen molar-refractivity contribution in [2.75, 3.05) is 13.7 Å². The van der Waals surface area contributed by atoms with E-state index in [9.17, 15) is 8.78 Å². The summed E-state index contributed by atoms with van der Waals surface area (Å²) in [5.41, 5.74) is 0.470. The molecular weight excluding hydrogens is 262 g/mol. The Bertz CT molecular complexity index is 440. The maximum absolute atomic E-state index is 14.0. The molecule has 1 fully saturated rings. The van der Waals surface area contributed by atoms with E-state index in [0.717, 1.165) is 38.7 Å². The minimum Gasteiger partial charge on any atom is -0.494 e. The lowest BCUT2D eigenvalue weighted by molar-refractivity contribution is 0.0248. The molecule has 0 aliphatic heterocycles. The van der Waals surface area contributed by atoms with E-state index in [1.165, 1.54) is 13.2 Å². The van der Waals surface area contributed by atoms with Crippen molar-refractivity contribution >= 4 is 0 Å². The summed E-state index contributed by atoms with van der Waals surface area (Å²) in [6.07, 6.45) is 4.80. The molecule has 0 unspecified atom stereocenters. The van der Waals surface area contributed by atoms with E-state index in [0.29, 0.717) is 5.56 Å². The molecule has 0 radical (unpaired) electrons. The van der Waals surface area contributed by atoms with Gasteiger partial charge >= 0.3 is 0 Å². The third-order valence-electron chi connectivity index (χ3n) is 3.97. The first-order valence-corrected chi connectivity index (χ1v) is 7.30. The molecule has 0 saturated heterocycles. The topological polar surface area (TPSA) is 18.5 Å². The van der Waals surface area contributed by atoms with Gasteiger partial charge in [0.05, 0.1) is 13.2 Å². The predicted octanol–water partition coefficient (Wildman–Crippen LogP) is 4.43. The average Bonchev–Trinajstić information content (AvgIpc) is 2.48. The summed E-state index contributed by atoms with van der Waals surface area (Å²) < 4.78 is 38.3. The van der Waals surface area contributed by atoms with Crippen LogP contribution in [-0.4, -0.2) is 19.8 Å². The lowest BCUT2D eigenvalue weighted by Gasteiger charge is -2.29. The van der Waals surface area contributed by atoms with Crippen LogP contribution in [0.4, 0.5) is 8.78 Å². The summed E-state index contributed by atoms with van der Waals surface area (Å²) in [6, 6.07) is 3.16. The molecule has 2 rings (SSSR count). The van der Waals surface area contributed by atoms with Crippen LogP contribution in [0.15, 0.2) is 12.1 Å². The number of benzene rings is 1. The van der Waals surface area contributed by atoms with Crippen LogP contribution in [0.3, 0.4) is 0 Å². The Hall–Kier alpha value is -1.16. The molecule has 1 aromatic rings. The second kappa shape index (κ2) is 7.02. The minimum absolute atomic E-state index is 0.0359. The predicted molar refractivity (Wildman–Crippen MR) is 74.2 cm³/mol. The third kappa shape index (κ3) is 3.29. The summed E-state index contributed by atoms with van der Waals surface area (Å²) in [5, 5.41) is 0. The molecule has 0 amide bonds. The van der Waals surface area contributed by atoms with Crippen LogP contribution in [0.25, 0.3) is 0 Å². The summed E-state index contributed by atoms with van der Waals surface area (Å²) in [7, 11) is 1.34. The SMILES string of the molecule is CCCOC1CCC(c2ccc(OC)c(F)c2F)CC1. The van der Waals surface area contributed by atoms with Crippen LogP contribution >= 0.6 is 0 Å². The first-order valence-electron chi connectivity index (χ1n) is 7.30. The molecule has 0 atom stereocenters. The van der Waals surface area contributed by atoms with E-state index in [4.69, 9.17) is 9.47 Å². The zero-order chi connectivity index (χ0) is 14.5. The fraction of sp³-hybridized carbons (Fsp3) is 0.625. The molecule has 20 heavy (non-hydrogen) atoms. The molecule has 0 spiro atoms. The fourth-order valence-corrected chi connectivity index (χ4v) is 2.84. The summed E-state index contributed by atoms with van der Waals surface area (Å²) in [6.45, 7) is 2.86. The maximum atomic E-state index is 14.0. The van der Waals surface area contributed by atoms with Crippen molar-refractivity contribution in [3.63, 3.8) is 0 Å². The van der Waals surface area contributed by atoms with Gasteiger partial charge in [0.25, 0.3) is 0 Å². The van der Waals surface area contributed by atoms with Crippen molar-refractivity contribution in [3.8, 4) is 5.75 Å². The molecule has 0 heterocycles. The largest absolute Gasteiger partial charge is 0.494 e. The van der Waals surface area contributed by atoms with Gasteiger partial charge in [-0.15, -0.1) is 0 Å². The van der Waals surface area contributed by atoms with Crippen LogP contribution in [0.5, 0.6) is 5.75 Å². The Morgan fingerprint density at radius 2 is 1.80 bits per heavy atom. The average molecular weight is 284 g/mol. The number of methoxy groups -OCH3 is 1. The molecule has 2 nitrogen and oxygen atoms in total. The van der Waals surface area contributed by atoms with Gasteiger partial charge < -0.3 is 9.47 Å². The molecule has 1 aromatic carbocycles. The summed E-state index contributed by atoms with van der Waals surface area (Å²) >= 11 is 0. The number of halogens is 2. The molecule has 0 N–H and O–H groups in total. The van der Waals surface area contributed by atoms with Gasteiger partial charge in [-0.25, -0.2) is 4.39 Å². The molecule has 4 heteroatoms. The molecule has 112 valence electrons. The maximum Gasteiger partial charge on any atom is 0.200 e. The standard InChI is InChI=1S/C16H22F2O2/c1-3-10-20-12-6-4-11(5-7-12)13-8-9-14(19-2)16(18)15(13)17/h8-9,11-12H,3-7,10H2,1-2H3. The van der Waals surface area contributed by atoms with Crippen molar-refractivity contribution in [2.24, 2.45) is 0 Å². The van der Waals surface area contributed by atoms with Gasteiger partial charge in [0.15, 0.2) is 11.6 Å². The van der Waals surface area contributed by atoms with Crippen LogP contribution < -0.4 is 4.74 Å². The third-order valence-corrected chi connectivity index (χ3v) is 3.97. The van der Waals surface area contributed by atoms with Crippen molar-refractivity contribution in [3.05, 3.63) is 29.3 Å². The first-order chi connectivity index (χ1) is 9.67. The Labute approximate surface area is 119 Å². The second-order valence-corrected chi connectivity index (χ2v) is 5.33. The number of hydrogen-bond acceptors (Lipinski definition) is 2. The highest BCUT2D eigenvalue weighted by molar-refractivity contribution is 5.33. The summed E-state index contributed by atoms with van der Waals surface area (Å²) in [5.74, 6) is -1.60. The Balaban J connectivity index is 2.02. The Morgan fingerprint density at radius 1 is 1.10 bits per heavy atom. The van der Waals surface area contributed by atoms with Gasteiger partial charge in [-0.1, -0.05) is 13.0 Å². The lowest BCUT2D eigenvalue weighted by Crippen LogP contribution is -2.21. The van der Waals surface area contributed by atoms with Gasteiger partial charge in [-0.3, -0.25) is 0 Å². The number of hydrogen-bond donors (Lipinski definition) is 0. The zero-order valence-corrected chi connectivity index (χ0v) is 12.1. The van der Waals surface area contributed by atoms with E-state index in [2.05, 4.69) is 6.92 Å². The highest BCUT2D eigenvalue weighted by Crippen LogP contribution is 2.37. The van der Waals surface area contributed by atoms with Gasteiger partial charge in [-0.05, 0) is 49.7 Å². The Morgan fingerprint density at radius 3 is 2.40 bits per heavy atom. The van der Waals surface area contributed by atoms with Crippen LogP contribution in [0.1, 0.15) is 50.5 Å². The molecule has 0 aromatic heterocycles. The van der Waals surface area contributed by atoms with Crippen LogP contribution in [0, 0.1) is 11.6 Å². The van der Waals surface area contributed by atoms with Crippen molar-refractivity contribution in [1.29, 1.82) is 0 Å². The summed E-state index contributed by atoms with van der Waals surface area (Å²) in [4.78, 5) is 0. The highest BCUT2D eigenvalue weighted by Gasteiger charge is 2.26. The normalized spacial score (nSPS) is 22.8. The van der Waals surface area contributed by atoms with Gasteiger partial charge in [0.1, 0.15) is 0 Å². The van der Waals surface area contributed by atoms with Crippen LogP contribution in [-0.2, 0) is 4.74 Å². The molecule has 1 aliphatic rings. The highest BCUT2D eigenvalue weighted by atomic mass is 19.2. The quantitative estimate of drug-likeness (QED) is 0.796. The van der Waals surface area contributed by atoms with E-state index in [1.54, 1.807) is 6.07 Å². The number of ether oxygens (including phenoxy) is 2. The first kappa shape index (κ1) is 15.2. The van der Waals surface area contributed by atoms with E-state index in [1.807, 2.05) is 0 Å². The minimum atomic E-state index is -0.880. The van der Waals surface area contributed by atoms with Gasteiger partial charge in [0, 0.05) is 6.61 Å². The monoisotopic (exact) mass is 284 g/mol. The fourth-order valence-electron chi connectivity index (χ4n) is 2.84. The molecule has 0 bridgehead atoms. The van der Waals surface area contributed by atoms with Crippen molar-refractivity contribution in [1.82, 2.24) is 0 Å². The zero-order valence-electron chi connectivity index (χ0n) is 12.1. The second-order valence-electron chi connectivity index (χ2n) is 5.33. The Kier molecular flexibility index (Phi) is 5.35. The van der Waals surface area contributed by atoms with Crippen LogP contribution in [0.2, 0.25) is 0 Å². The van der Waals surface area contributed by atoms with Crippen molar-refractivity contribution in [2.45, 2.75) is 51.0 Å². The van der Waals surface area contributed by atoms with Gasteiger partial charge in [0.2, 0.25) is 5.82 Å².